The van der Waals surface area contributed by atoms with Crippen molar-refractivity contribution in [3.05, 3.63) is 29.5 Å². The van der Waals surface area contributed by atoms with Crippen molar-refractivity contribution in [1.82, 2.24) is 19.5 Å². The van der Waals surface area contributed by atoms with E-state index in [2.05, 4.69) is 40.8 Å². The van der Waals surface area contributed by atoms with Crippen molar-refractivity contribution in [2.24, 2.45) is 0 Å². The van der Waals surface area contributed by atoms with Gasteiger partial charge in [-0.05, 0) is 28.8 Å². The van der Waals surface area contributed by atoms with Crippen LogP contribution in [0.4, 0.5) is 11.6 Å². The van der Waals surface area contributed by atoms with Crippen LogP contribution in [0.2, 0.25) is 0 Å². The van der Waals surface area contributed by atoms with Gasteiger partial charge in [0.15, 0.2) is 0 Å². The van der Waals surface area contributed by atoms with E-state index in [1.165, 1.54) is 6.33 Å². The van der Waals surface area contributed by atoms with E-state index in [9.17, 15) is 0 Å². The quantitative estimate of drug-likeness (QED) is 0.796. The van der Waals surface area contributed by atoms with Crippen LogP contribution in [0.15, 0.2) is 29.5 Å². The molecule has 0 saturated heterocycles. The highest BCUT2D eigenvalue weighted by Crippen LogP contribution is 2.23. The number of nitrogens with one attached hydrogen (secondary N) is 1. The number of aryl methyl sites for hydroxylation is 1. The van der Waals surface area contributed by atoms with Crippen LogP contribution in [-0.2, 0) is 6.54 Å². The molecule has 0 aromatic carbocycles. The lowest BCUT2D eigenvalue weighted by Crippen LogP contribution is -2.07. The molecule has 2 heterocycles. The first kappa shape index (κ1) is 12.8. The van der Waals surface area contributed by atoms with Crippen molar-refractivity contribution in [2.75, 3.05) is 17.6 Å². The molecule has 6 nitrogen and oxygen atoms in total. The normalized spacial score (nSPS) is 10.5. The third-order valence-electron chi connectivity index (χ3n) is 2.51. The average molecular weight is 311 g/mol. The highest BCUT2D eigenvalue weighted by atomic mass is 79.9. The lowest BCUT2D eigenvalue weighted by molar-refractivity contribution is 0.620. The Bertz CT molecular complexity index is 484. The fourth-order valence-electron chi connectivity index (χ4n) is 1.55. The Kier molecular flexibility index (Phi) is 4.52. The fourth-order valence-corrected chi connectivity index (χ4v) is 1.90. The molecule has 0 atom stereocenters. The molecule has 0 saturated carbocycles. The molecule has 0 spiro atoms. The van der Waals surface area contributed by atoms with Crippen LogP contribution in [0.5, 0.6) is 0 Å². The van der Waals surface area contributed by atoms with Gasteiger partial charge in [-0.1, -0.05) is 0 Å². The minimum atomic E-state index is 0.450. The minimum absolute atomic E-state index is 0.450. The summed E-state index contributed by atoms with van der Waals surface area (Å²) < 4.78 is 2.79. The van der Waals surface area contributed by atoms with E-state index in [0.29, 0.717) is 5.82 Å². The van der Waals surface area contributed by atoms with E-state index in [1.54, 1.807) is 6.20 Å². The molecular weight excluding hydrogens is 296 g/mol. The molecular formula is C11H15BrN6. The van der Waals surface area contributed by atoms with Gasteiger partial charge in [0.2, 0.25) is 0 Å². The van der Waals surface area contributed by atoms with E-state index in [-0.39, 0.29) is 0 Å². The number of unbranched alkanes of at least 4 members (excludes halogenated alkanes) is 1. The second kappa shape index (κ2) is 6.34. The third-order valence-corrected chi connectivity index (χ3v) is 3.29. The zero-order valence-electron chi connectivity index (χ0n) is 9.88. The number of nitrogen functional groups attached to an aromatic ring is 1. The maximum absolute atomic E-state index is 5.67. The smallest absolute Gasteiger partial charge is 0.145 e. The molecule has 0 radical (unpaired) electrons. The number of nitrogens with two attached hydrogens (primary N) is 1. The van der Waals surface area contributed by atoms with Crippen molar-refractivity contribution < 1.29 is 0 Å². The Hall–Kier alpha value is -1.63. The van der Waals surface area contributed by atoms with Gasteiger partial charge in [-0.15, -0.1) is 0 Å². The summed E-state index contributed by atoms with van der Waals surface area (Å²) in [7, 11) is 0. The summed E-state index contributed by atoms with van der Waals surface area (Å²) in [5.74, 6) is 1.19. The molecule has 96 valence electrons. The van der Waals surface area contributed by atoms with Crippen LogP contribution in [0.3, 0.4) is 0 Å². The number of anilines is 2. The van der Waals surface area contributed by atoms with Crippen molar-refractivity contribution in [2.45, 2.75) is 19.4 Å². The first-order valence-corrected chi connectivity index (χ1v) is 6.52. The van der Waals surface area contributed by atoms with Gasteiger partial charge in [-0.3, -0.25) is 0 Å². The van der Waals surface area contributed by atoms with Gasteiger partial charge in [0.05, 0.1) is 6.33 Å². The maximum atomic E-state index is 5.67. The molecule has 0 aliphatic heterocycles. The van der Waals surface area contributed by atoms with Crippen LogP contribution in [0.1, 0.15) is 12.8 Å². The molecule has 18 heavy (non-hydrogen) atoms. The number of aromatic nitrogens is 4. The van der Waals surface area contributed by atoms with Crippen molar-refractivity contribution in [1.29, 1.82) is 0 Å². The average Bonchev–Trinajstić information content (AvgIpc) is 2.87. The fraction of sp³-hybridized carbons (Fsp3) is 0.364. The lowest BCUT2D eigenvalue weighted by atomic mass is 10.3. The molecule has 7 heteroatoms. The Morgan fingerprint density at radius 3 is 3.00 bits per heavy atom. The largest absolute Gasteiger partial charge is 0.383 e. The molecule has 0 amide bonds. The highest BCUT2D eigenvalue weighted by Gasteiger charge is 2.04. The number of nitrogens with zero attached hydrogens (tertiary/aromatic N) is 4. The lowest BCUT2D eigenvalue weighted by Gasteiger charge is -2.08. The van der Waals surface area contributed by atoms with Gasteiger partial charge in [0, 0.05) is 25.5 Å². The van der Waals surface area contributed by atoms with E-state index in [1.807, 2.05) is 12.5 Å². The summed E-state index contributed by atoms with van der Waals surface area (Å²) >= 11 is 3.36. The summed E-state index contributed by atoms with van der Waals surface area (Å²) in [4.78, 5) is 12.0. The van der Waals surface area contributed by atoms with Crippen LogP contribution in [0, 0.1) is 0 Å². The van der Waals surface area contributed by atoms with Gasteiger partial charge in [-0.2, -0.15) is 0 Å². The second-order valence-electron chi connectivity index (χ2n) is 3.86. The van der Waals surface area contributed by atoms with Gasteiger partial charge in [0.1, 0.15) is 22.4 Å². The monoisotopic (exact) mass is 310 g/mol. The van der Waals surface area contributed by atoms with Crippen molar-refractivity contribution in [3.63, 3.8) is 0 Å². The Balaban J connectivity index is 1.70. The van der Waals surface area contributed by atoms with Crippen LogP contribution in [0.25, 0.3) is 0 Å². The van der Waals surface area contributed by atoms with E-state index >= 15 is 0 Å². The van der Waals surface area contributed by atoms with Gasteiger partial charge in [-0.25, -0.2) is 15.0 Å². The first-order valence-electron chi connectivity index (χ1n) is 5.73. The van der Waals surface area contributed by atoms with Gasteiger partial charge in [0.25, 0.3) is 0 Å². The van der Waals surface area contributed by atoms with E-state index in [4.69, 9.17) is 5.73 Å². The van der Waals surface area contributed by atoms with Crippen LogP contribution in [-0.4, -0.2) is 26.1 Å². The highest BCUT2D eigenvalue weighted by molar-refractivity contribution is 9.10. The topological polar surface area (TPSA) is 81.6 Å². The van der Waals surface area contributed by atoms with Crippen LogP contribution >= 0.6 is 15.9 Å². The molecule has 0 fully saturated rings. The minimum Gasteiger partial charge on any atom is -0.383 e. The molecule has 3 N–H and O–H groups in total. The Morgan fingerprint density at radius 2 is 2.22 bits per heavy atom. The summed E-state index contributed by atoms with van der Waals surface area (Å²) in [6.45, 7) is 1.83. The number of rotatable bonds is 6. The molecule has 0 unspecified atom stereocenters. The van der Waals surface area contributed by atoms with Crippen molar-refractivity contribution in [3.8, 4) is 0 Å². The molecule has 0 bridgehead atoms. The zero-order valence-corrected chi connectivity index (χ0v) is 11.5. The SMILES string of the molecule is Nc1ncnc(NCCCCn2ccnc2)c1Br. The van der Waals surface area contributed by atoms with Crippen molar-refractivity contribution >= 4 is 27.6 Å². The Morgan fingerprint density at radius 1 is 1.33 bits per heavy atom. The summed E-state index contributed by atoms with van der Waals surface area (Å²) in [5, 5.41) is 3.23. The maximum Gasteiger partial charge on any atom is 0.145 e. The second-order valence-corrected chi connectivity index (χ2v) is 4.65. The summed E-state index contributed by atoms with van der Waals surface area (Å²) in [6, 6.07) is 0. The summed E-state index contributed by atoms with van der Waals surface area (Å²) in [5.41, 5.74) is 5.67. The standard InChI is InChI=1S/C11H15BrN6/c12-9-10(13)16-7-17-11(9)15-3-1-2-5-18-6-4-14-8-18/h4,6-8H,1-3,5H2,(H3,13,15,16,17). The predicted molar refractivity (Wildman–Crippen MR) is 74.1 cm³/mol. The predicted octanol–water partition coefficient (Wildman–Crippen LogP) is 1.91. The van der Waals surface area contributed by atoms with Gasteiger partial charge < -0.3 is 15.6 Å². The molecule has 0 aliphatic rings. The zero-order chi connectivity index (χ0) is 12.8. The van der Waals surface area contributed by atoms with E-state index in [0.717, 1.165) is 36.2 Å². The molecule has 2 aromatic heterocycles. The number of halogens is 1. The van der Waals surface area contributed by atoms with E-state index < -0.39 is 0 Å². The number of hydrogen-bond acceptors (Lipinski definition) is 5. The molecule has 2 aromatic rings. The Labute approximate surface area is 114 Å². The third kappa shape index (κ3) is 3.43. The first-order chi connectivity index (χ1) is 8.77. The number of hydrogen-bond donors (Lipinski definition) is 2. The number of imidazole rings is 1. The summed E-state index contributed by atoms with van der Waals surface area (Å²) in [6.07, 6.45) is 9.17. The molecule has 0 aliphatic carbocycles. The van der Waals surface area contributed by atoms with Gasteiger partial charge >= 0.3 is 0 Å². The molecule has 2 rings (SSSR count). The van der Waals surface area contributed by atoms with Crippen LogP contribution < -0.4 is 11.1 Å².